The van der Waals surface area contributed by atoms with E-state index in [1.807, 2.05) is 12.3 Å². The van der Waals surface area contributed by atoms with Crippen LogP contribution in [0.5, 0.6) is 0 Å². The van der Waals surface area contributed by atoms with E-state index in [9.17, 15) is 0 Å². The van der Waals surface area contributed by atoms with E-state index in [0.29, 0.717) is 0 Å². The van der Waals surface area contributed by atoms with Crippen LogP contribution in [0.4, 0.5) is 5.82 Å². The fourth-order valence-electron chi connectivity index (χ4n) is 3.95. The molecule has 7 nitrogen and oxygen atoms in total. The van der Waals surface area contributed by atoms with Crippen molar-refractivity contribution in [1.82, 2.24) is 29.7 Å². The second kappa shape index (κ2) is 5.54. The minimum Gasteiger partial charge on any atom is -0.346 e. The Bertz CT molecular complexity index is 1050. The molecule has 1 N–H and O–H groups in total. The fourth-order valence-corrected chi connectivity index (χ4v) is 3.95. The number of para-hydroxylation sites is 2. The molecule has 1 fully saturated rings. The number of aromatic nitrogens is 6. The van der Waals surface area contributed by atoms with Gasteiger partial charge in [0.25, 0.3) is 0 Å². The first kappa shape index (κ1) is 14.4. The normalized spacial score (nSPS) is 17.8. The number of aromatic amines is 1. The van der Waals surface area contributed by atoms with Gasteiger partial charge in [0.1, 0.15) is 18.0 Å². The number of imidazole rings is 1. The summed E-state index contributed by atoms with van der Waals surface area (Å²) >= 11 is 0. The summed E-state index contributed by atoms with van der Waals surface area (Å²) in [7, 11) is 0. The molecule has 5 rings (SSSR count). The summed E-state index contributed by atoms with van der Waals surface area (Å²) in [4.78, 5) is 16.1. The first-order chi connectivity index (χ1) is 12.4. The molecule has 0 bridgehead atoms. The van der Waals surface area contributed by atoms with Gasteiger partial charge in [-0.25, -0.2) is 15.0 Å². The van der Waals surface area contributed by atoms with Crippen molar-refractivity contribution >= 4 is 27.9 Å². The second-order valence-corrected chi connectivity index (χ2v) is 6.38. The van der Waals surface area contributed by atoms with Gasteiger partial charge in [0.2, 0.25) is 0 Å². The van der Waals surface area contributed by atoms with Gasteiger partial charge in [0.15, 0.2) is 5.65 Å². The predicted molar refractivity (Wildman–Crippen MR) is 96.4 cm³/mol. The SMILES string of the molecule is CCn1c([C@H]2CCCN2c2ncnc3[nH]ncc23)nc2ccccc21. The molecular weight excluding hydrogens is 314 g/mol. The third kappa shape index (κ3) is 2.12. The minimum absolute atomic E-state index is 0.223. The Morgan fingerprint density at radius 2 is 2.16 bits per heavy atom. The van der Waals surface area contributed by atoms with Gasteiger partial charge in [0.05, 0.1) is 28.7 Å². The lowest BCUT2D eigenvalue weighted by molar-refractivity contribution is 0.606. The molecule has 0 radical (unpaired) electrons. The van der Waals surface area contributed by atoms with E-state index in [0.717, 1.165) is 54.1 Å². The van der Waals surface area contributed by atoms with E-state index in [-0.39, 0.29) is 6.04 Å². The zero-order valence-electron chi connectivity index (χ0n) is 14.1. The van der Waals surface area contributed by atoms with Crippen molar-refractivity contribution in [2.45, 2.75) is 32.4 Å². The highest BCUT2D eigenvalue weighted by atomic mass is 15.3. The minimum atomic E-state index is 0.223. The molecule has 3 aromatic heterocycles. The van der Waals surface area contributed by atoms with E-state index in [1.54, 1.807) is 6.33 Å². The Labute approximate surface area is 144 Å². The smallest absolute Gasteiger partial charge is 0.160 e. The van der Waals surface area contributed by atoms with Crippen molar-refractivity contribution < 1.29 is 0 Å². The van der Waals surface area contributed by atoms with E-state index in [1.165, 1.54) is 5.52 Å². The molecule has 4 heterocycles. The summed E-state index contributed by atoms with van der Waals surface area (Å²) in [5, 5.41) is 8.02. The third-order valence-corrected chi connectivity index (χ3v) is 5.05. The van der Waals surface area contributed by atoms with Gasteiger partial charge in [-0.15, -0.1) is 0 Å². The zero-order valence-corrected chi connectivity index (χ0v) is 14.1. The lowest BCUT2D eigenvalue weighted by Gasteiger charge is -2.26. The van der Waals surface area contributed by atoms with Crippen LogP contribution >= 0.6 is 0 Å². The average molecular weight is 333 g/mol. The number of nitrogens with zero attached hydrogens (tertiary/aromatic N) is 6. The molecule has 25 heavy (non-hydrogen) atoms. The van der Waals surface area contributed by atoms with Crippen LogP contribution in [-0.2, 0) is 6.54 Å². The van der Waals surface area contributed by atoms with Gasteiger partial charge in [-0.3, -0.25) is 5.10 Å². The summed E-state index contributed by atoms with van der Waals surface area (Å²) in [6.45, 7) is 4.05. The number of H-pyrrole nitrogens is 1. The fraction of sp³-hybridized carbons (Fsp3) is 0.333. The molecule has 0 amide bonds. The molecule has 0 saturated carbocycles. The van der Waals surface area contributed by atoms with Crippen molar-refractivity contribution in [2.75, 3.05) is 11.4 Å². The average Bonchev–Trinajstić information content (AvgIpc) is 3.37. The van der Waals surface area contributed by atoms with E-state index in [2.05, 4.69) is 54.8 Å². The topological polar surface area (TPSA) is 75.5 Å². The molecule has 0 unspecified atom stereocenters. The maximum absolute atomic E-state index is 4.96. The summed E-state index contributed by atoms with van der Waals surface area (Å²) in [5.41, 5.74) is 3.03. The van der Waals surface area contributed by atoms with E-state index in [4.69, 9.17) is 4.98 Å². The Balaban J connectivity index is 1.65. The van der Waals surface area contributed by atoms with Crippen LogP contribution in [-0.4, -0.2) is 36.3 Å². The van der Waals surface area contributed by atoms with E-state index < -0.39 is 0 Å². The third-order valence-electron chi connectivity index (χ3n) is 5.05. The summed E-state index contributed by atoms with van der Waals surface area (Å²) < 4.78 is 2.33. The molecule has 1 saturated heterocycles. The number of nitrogens with one attached hydrogen (secondary N) is 1. The number of benzene rings is 1. The monoisotopic (exact) mass is 333 g/mol. The van der Waals surface area contributed by atoms with Crippen LogP contribution < -0.4 is 4.90 Å². The molecule has 1 aliphatic rings. The molecule has 1 atom stereocenters. The first-order valence-electron chi connectivity index (χ1n) is 8.72. The van der Waals surface area contributed by atoms with Crippen molar-refractivity contribution in [1.29, 1.82) is 0 Å². The highest BCUT2D eigenvalue weighted by Gasteiger charge is 2.32. The largest absolute Gasteiger partial charge is 0.346 e. The highest BCUT2D eigenvalue weighted by molar-refractivity contribution is 5.86. The van der Waals surface area contributed by atoms with Crippen molar-refractivity contribution in [3.05, 3.63) is 42.6 Å². The van der Waals surface area contributed by atoms with Crippen LogP contribution in [0, 0.1) is 0 Å². The van der Waals surface area contributed by atoms with Crippen molar-refractivity contribution in [3.8, 4) is 0 Å². The van der Waals surface area contributed by atoms with Crippen LogP contribution in [0.3, 0.4) is 0 Å². The van der Waals surface area contributed by atoms with Gasteiger partial charge in [-0.2, -0.15) is 5.10 Å². The van der Waals surface area contributed by atoms with Gasteiger partial charge in [0, 0.05) is 13.1 Å². The Morgan fingerprint density at radius 1 is 1.24 bits per heavy atom. The Hall–Kier alpha value is -2.96. The molecule has 4 aromatic rings. The van der Waals surface area contributed by atoms with Crippen molar-refractivity contribution in [2.24, 2.45) is 0 Å². The van der Waals surface area contributed by atoms with Crippen LogP contribution in [0.25, 0.3) is 22.1 Å². The molecule has 1 aliphatic heterocycles. The standard InChI is InChI=1S/C18H19N7/c1-2-24-14-7-4-3-6-13(14)22-18(24)15-8-5-9-25(15)17-12-10-21-23-16(12)19-11-20-17/h3-4,6-7,10-11,15H,2,5,8-9H2,1H3,(H,19,20,21,23)/t15-/m1/s1. The van der Waals surface area contributed by atoms with Crippen LogP contribution in [0.15, 0.2) is 36.8 Å². The maximum Gasteiger partial charge on any atom is 0.160 e. The molecule has 126 valence electrons. The number of rotatable bonds is 3. The molecule has 0 spiro atoms. The van der Waals surface area contributed by atoms with Gasteiger partial charge in [-0.1, -0.05) is 12.1 Å². The second-order valence-electron chi connectivity index (χ2n) is 6.38. The zero-order chi connectivity index (χ0) is 16.8. The Kier molecular flexibility index (Phi) is 3.19. The van der Waals surface area contributed by atoms with Gasteiger partial charge < -0.3 is 9.47 Å². The molecule has 7 heteroatoms. The number of fused-ring (bicyclic) bond motifs is 2. The lowest BCUT2D eigenvalue weighted by atomic mass is 10.2. The lowest BCUT2D eigenvalue weighted by Crippen LogP contribution is -2.26. The quantitative estimate of drug-likeness (QED) is 0.623. The van der Waals surface area contributed by atoms with Crippen molar-refractivity contribution in [3.63, 3.8) is 0 Å². The number of aryl methyl sites for hydroxylation is 1. The summed E-state index contributed by atoms with van der Waals surface area (Å²) in [6, 6.07) is 8.58. The molecular formula is C18H19N7. The summed E-state index contributed by atoms with van der Waals surface area (Å²) in [5.74, 6) is 2.06. The highest BCUT2D eigenvalue weighted by Crippen LogP contribution is 2.38. The number of anilines is 1. The Morgan fingerprint density at radius 3 is 3.08 bits per heavy atom. The number of hydrogen-bond acceptors (Lipinski definition) is 5. The number of hydrogen-bond donors (Lipinski definition) is 1. The first-order valence-corrected chi connectivity index (χ1v) is 8.72. The summed E-state index contributed by atoms with van der Waals surface area (Å²) in [6.07, 6.45) is 5.62. The molecule has 1 aromatic carbocycles. The maximum atomic E-state index is 4.96. The van der Waals surface area contributed by atoms with Gasteiger partial charge in [-0.05, 0) is 31.9 Å². The van der Waals surface area contributed by atoms with Crippen LogP contribution in [0.2, 0.25) is 0 Å². The predicted octanol–water partition coefficient (Wildman–Crippen LogP) is 3.06. The van der Waals surface area contributed by atoms with Crippen LogP contribution in [0.1, 0.15) is 31.6 Å². The molecule has 0 aliphatic carbocycles. The van der Waals surface area contributed by atoms with Gasteiger partial charge >= 0.3 is 0 Å². The van der Waals surface area contributed by atoms with E-state index >= 15 is 0 Å².